The molecule has 1 aliphatic carbocycles. The molecule has 82 valence electrons. The smallest absolute Gasteiger partial charge is 0.186 e. The van der Waals surface area contributed by atoms with Crippen LogP contribution in [0.4, 0.5) is 10.2 Å². The highest BCUT2D eigenvalue weighted by atomic mass is 19.1. The SMILES string of the molecule is CCc1ncnc(NCC2CC2C)c1F. The number of halogens is 1. The molecule has 0 spiro atoms. The van der Waals surface area contributed by atoms with Crippen molar-refractivity contribution in [3.05, 3.63) is 17.8 Å². The minimum atomic E-state index is -0.298. The number of hydrogen-bond acceptors (Lipinski definition) is 3. The number of nitrogens with zero attached hydrogens (tertiary/aromatic N) is 2. The van der Waals surface area contributed by atoms with Gasteiger partial charge in [0.1, 0.15) is 6.33 Å². The second-order valence-electron chi connectivity index (χ2n) is 4.19. The molecule has 15 heavy (non-hydrogen) atoms. The molecule has 1 aliphatic rings. The Morgan fingerprint density at radius 2 is 2.27 bits per heavy atom. The summed E-state index contributed by atoms with van der Waals surface area (Å²) >= 11 is 0. The molecule has 0 bridgehead atoms. The fourth-order valence-electron chi connectivity index (χ4n) is 1.69. The van der Waals surface area contributed by atoms with E-state index in [4.69, 9.17) is 0 Å². The summed E-state index contributed by atoms with van der Waals surface area (Å²) in [4.78, 5) is 7.80. The molecular formula is C11H16FN3. The first kappa shape index (κ1) is 10.3. The number of aromatic nitrogens is 2. The van der Waals surface area contributed by atoms with Gasteiger partial charge in [-0.1, -0.05) is 13.8 Å². The molecule has 1 aromatic rings. The van der Waals surface area contributed by atoms with Crippen molar-refractivity contribution in [1.82, 2.24) is 9.97 Å². The molecule has 0 saturated heterocycles. The molecule has 2 unspecified atom stereocenters. The molecule has 0 aromatic carbocycles. The van der Waals surface area contributed by atoms with Crippen LogP contribution in [0.2, 0.25) is 0 Å². The van der Waals surface area contributed by atoms with Crippen LogP contribution in [0.5, 0.6) is 0 Å². The monoisotopic (exact) mass is 209 g/mol. The third-order valence-electron chi connectivity index (χ3n) is 3.00. The van der Waals surface area contributed by atoms with E-state index < -0.39 is 0 Å². The van der Waals surface area contributed by atoms with Crippen molar-refractivity contribution < 1.29 is 4.39 Å². The molecule has 0 amide bonds. The second kappa shape index (κ2) is 4.13. The highest BCUT2D eigenvalue weighted by molar-refractivity contribution is 5.37. The fraction of sp³-hybridized carbons (Fsp3) is 0.636. The van der Waals surface area contributed by atoms with E-state index >= 15 is 0 Å². The van der Waals surface area contributed by atoms with Crippen molar-refractivity contribution in [1.29, 1.82) is 0 Å². The van der Waals surface area contributed by atoms with E-state index in [1.54, 1.807) is 0 Å². The predicted octanol–water partition coefficient (Wildman–Crippen LogP) is 2.25. The van der Waals surface area contributed by atoms with Crippen LogP contribution in [0.15, 0.2) is 6.33 Å². The summed E-state index contributed by atoms with van der Waals surface area (Å²) in [6, 6.07) is 0. The Labute approximate surface area is 89.1 Å². The highest BCUT2D eigenvalue weighted by Gasteiger charge is 2.32. The van der Waals surface area contributed by atoms with Gasteiger partial charge in [-0.2, -0.15) is 0 Å². The maximum absolute atomic E-state index is 13.7. The Morgan fingerprint density at radius 1 is 1.53 bits per heavy atom. The molecule has 0 aliphatic heterocycles. The van der Waals surface area contributed by atoms with E-state index in [1.807, 2.05) is 6.92 Å². The first-order valence-electron chi connectivity index (χ1n) is 5.45. The van der Waals surface area contributed by atoms with E-state index in [2.05, 4.69) is 22.2 Å². The van der Waals surface area contributed by atoms with Gasteiger partial charge in [0.15, 0.2) is 11.6 Å². The zero-order chi connectivity index (χ0) is 10.8. The van der Waals surface area contributed by atoms with Crippen LogP contribution < -0.4 is 5.32 Å². The largest absolute Gasteiger partial charge is 0.367 e. The third-order valence-corrected chi connectivity index (χ3v) is 3.00. The van der Waals surface area contributed by atoms with E-state index in [-0.39, 0.29) is 5.82 Å². The van der Waals surface area contributed by atoms with E-state index in [0.29, 0.717) is 23.9 Å². The van der Waals surface area contributed by atoms with Crippen molar-refractivity contribution in [3.8, 4) is 0 Å². The average Bonchev–Trinajstić information content (AvgIpc) is 2.93. The molecule has 4 heteroatoms. The van der Waals surface area contributed by atoms with Crippen LogP contribution in [-0.4, -0.2) is 16.5 Å². The Kier molecular flexibility index (Phi) is 2.84. The second-order valence-corrected chi connectivity index (χ2v) is 4.19. The lowest BCUT2D eigenvalue weighted by molar-refractivity contribution is 0.595. The molecule has 1 fully saturated rings. The lowest BCUT2D eigenvalue weighted by Crippen LogP contribution is -2.09. The highest BCUT2D eigenvalue weighted by Crippen LogP contribution is 2.37. The van der Waals surface area contributed by atoms with Gasteiger partial charge in [-0.25, -0.2) is 14.4 Å². The molecule has 2 atom stereocenters. The van der Waals surface area contributed by atoms with Gasteiger partial charge in [-0.15, -0.1) is 0 Å². The van der Waals surface area contributed by atoms with Gasteiger partial charge < -0.3 is 5.32 Å². The maximum Gasteiger partial charge on any atom is 0.186 e. The standard InChI is InChI=1S/C11H16FN3/c1-3-9-10(12)11(15-6-14-9)13-5-8-4-7(8)2/h6-8H,3-5H2,1-2H3,(H,13,14,15). The normalized spacial score (nSPS) is 23.9. The van der Waals surface area contributed by atoms with Gasteiger partial charge in [-0.3, -0.25) is 0 Å². The van der Waals surface area contributed by atoms with Crippen LogP contribution in [0.3, 0.4) is 0 Å². The predicted molar refractivity (Wildman–Crippen MR) is 57.1 cm³/mol. The van der Waals surface area contributed by atoms with Crippen LogP contribution in [-0.2, 0) is 6.42 Å². The summed E-state index contributed by atoms with van der Waals surface area (Å²) in [6.45, 7) is 4.91. The minimum Gasteiger partial charge on any atom is -0.367 e. The molecule has 1 aromatic heterocycles. The molecule has 1 saturated carbocycles. The molecular weight excluding hydrogens is 193 g/mol. The van der Waals surface area contributed by atoms with Crippen molar-refractivity contribution >= 4 is 5.82 Å². The lowest BCUT2D eigenvalue weighted by Gasteiger charge is -2.07. The average molecular weight is 209 g/mol. The number of anilines is 1. The van der Waals surface area contributed by atoms with Crippen LogP contribution in [0.1, 0.15) is 26.0 Å². The van der Waals surface area contributed by atoms with Crippen molar-refractivity contribution in [3.63, 3.8) is 0 Å². The van der Waals surface area contributed by atoms with Crippen LogP contribution >= 0.6 is 0 Å². The molecule has 2 rings (SSSR count). The third kappa shape index (κ3) is 2.25. The fourth-order valence-corrected chi connectivity index (χ4v) is 1.69. The number of nitrogens with one attached hydrogen (secondary N) is 1. The van der Waals surface area contributed by atoms with Crippen LogP contribution in [0, 0.1) is 17.7 Å². The molecule has 1 N–H and O–H groups in total. The van der Waals surface area contributed by atoms with Crippen molar-refractivity contribution in [2.75, 3.05) is 11.9 Å². The van der Waals surface area contributed by atoms with E-state index in [0.717, 1.165) is 12.5 Å². The van der Waals surface area contributed by atoms with Crippen molar-refractivity contribution in [2.45, 2.75) is 26.7 Å². The number of aryl methyl sites for hydroxylation is 1. The van der Waals surface area contributed by atoms with Gasteiger partial charge in [0.05, 0.1) is 5.69 Å². The van der Waals surface area contributed by atoms with Gasteiger partial charge in [0, 0.05) is 6.54 Å². The van der Waals surface area contributed by atoms with Gasteiger partial charge >= 0.3 is 0 Å². The first-order chi connectivity index (χ1) is 7.22. The summed E-state index contributed by atoms with van der Waals surface area (Å²) in [5.41, 5.74) is 0.483. The zero-order valence-corrected chi connectivity index (χ0v) is 9.13. The van der Waals surface area contributed by atoms with Crippen LogP contribution in [0.25, 0.3) is 0 Å². The quantitative estimate of drug-likeness (QED) is 0.826. The molecule has 1 heterocycles. The summed E-state index contributed by atoms with van der Waals surface area (Å²) < 4.78 is 13.7. The Bertz CT molecular complexity index is 354. The Balaban J connectivity index is 2.01. The molecule has 0 radical (unpaired) electrons. The molecule has 3 nitrogen and oxygen atoms in total. The van der Waals surface area contributed by atoms with Crippen molar-refractivity contribution in [2.24, 2.45) is 11.8 Å². The minimum absolute atomic E-state index is 0.298. The Hall–Kier alpha value is -1.19. The summed E-state index contributed by atoms with van der Waals surface area (Å²) in [5.74, 6) is 1.51. The first-order valence-corrected chi connectivity index (χ1v) is 5.45. The number of rotatable bonds is 4. The Morgan fingerprint density at radius 3 is 2.87 bits per heavy atom. The number of hydrogen-bond donors (Lipinski definition) is 1. The zero-order valence-electron chi connectivity index (χ0n) is 9.13. The summed E-state index contributed by atoms with van der Waals surface area (Å²) in [7, 11) is 0. The van der Waals surface area contributed by atoms with Gasteiger partial charge in [-0.05, 0) is 24.7 Å². The summed E-state index contributed by atoms with van der Waals surface area (Å²) in [5, 5.41) is 3.05. The van der Waals surface area contributed by atoms with E-state index in [9.17, 15) is 4.39 Å². The van der Waals surface area contributed by atoms with Gasteiger partial charge in [0.2, 0.25) is 0 Å². The topological polar surface area (TPSA) is 37.8 Å². The summed E-state index contributed by atoms with van der Waals surface area (Å²) in [6.07, 6.45) is 3.25. The maximum atomic E-state index is 13.7. The van der Waals surface area contributed by atoms with E-state index in [1.165, 1.54) is 12.7 Å². The van der Waals surface area contributed by atoms with Gasteiger partial charge in [0.25, 0.3) is 0 Å². The lowest BCUT2D eigenvalue weighted by atomic mass is 10.3.